The fraction of sp³-hybridized carbons (Fsp3) is 0.452. The Morgan fingerprint density at radius 2 is 1.95 bits per heavy atom. The van der Waals surface area contributed by atoms with Crippen molar-refractivity contribution >= 4 is 29.4 Å². The third-order valence-corrected chi connectivity index (χ3v) is 8.71. The number of carbonyl (C=O) groups is 2. The first-order valence-electron chi connectivity index (χ1n) is 13.9. The molecule has 1 fully saturated rings. The van der Waals surface area contributed by atoms with Crippen LogP contribution in [0.15, 0.2) is 36.4 Å². The standard InChI is InChI=1S/C31H36F2N4O3S/c1-18-8-11-24(19(2)13-18)37-30-27(29(35-37)31(3,4)5)28(22-10-9-20(32)14-23(22)33)41-17-26(39)36(30)16-25(38)34-15-21-7-6-12-40-21/h8-11,13-14,21,28H,6-7,12,15-17H2,1-5H3,(H,34,38)/t21-,28+/m0/s1. The number of thioether (sulfide) groups is 1. The fourth-order valence-corrected chi connectivity index (χ4v) is 6.70. The first kappa shape index (κ1) is 29.3. The number of carbonyl (C=O) groups excluding carboxylic acids is 2. The summed E-state index contributed by atoms with van der Waals surface area (Å²) in [6, 6.07) is 9.47. The van der Waals surface area contributed by atoms with Crippen molar-refractivity contribution in [2.75, 3.05) is 30.3 Å². The molecule has 0 saturated carbocycles. The SMILES string of the molecule is Cc1ccc(-n2nc(C(C)(C)C)c3c2N(CC(=O)NC[C@@H]2CCCO2)C(=O)CS[C@@H]3c2ccc(F)cc2F)c(C)c1. The lowest BCUT2D eigenvalue weighted by Crippen LogP contribution is -2.44. The number of benzene rings is 2. The van der Waals surface area contributed by atoms with Crippen LogP contribution in [0, 0.1) is 25.5 Å². The van der Waals surface area contributed by atoms with Gasteiger partial charge < -0.3 is 10.1 Å². The van der Waals surface area contributed by atoms with E-state index in [0.717, 1.165) is 35.7 Å². The summed E-state index contributed by atoms with van der Waals surface area (Å²) in [4.78, 5) is 28.5. The molecule has 10 heteroatoms. The molecule has 2 atom stereocenters. The summed E-state index contributed by atoms with van der Waals surface area (Å²) in [5.74, 6) is -1.54. The van der Waals surface area contributed by atoms with Crippen molar-refractivity contribution in [2.45, 2.75) is 64.2 Å². The van der Waals surface area contributed by atoms with Gasteiger partial charge in [-0.2, -0.15) is 5.10 Å². The van der Waals surface area contributed by atoms with Crippen molar-refractivity contribution in [2.24, 2.45) is 0 Å². The van der Waals surface area contributed by atoms with E-state index in [1.807, 2.05) is 52.8 Å². The van der Waals surface area contributed by atoms with E-state index in [9.17, 15) is 14.0 Å². The number of halogens is 2. The minimum absolute atomic E-state index is 0.00560. The van der Waals surface area contributed by atoms with Gasteiger partial charge in [-0.3, -0.25) is 14.5 Å². The molecule has 1 N–H and O–H groups in total. The van der Waals surface area contributed by atoms with E-state index >= 15 is 4.39 Å². The Labute approximate surface area is 243 Å². The average molecular weight is 583 g/mol. The highest BCUT2D eigenvalue weighted by atomic mass is 32.2. The summed E-state index contributed by atoms with van der Waals surface area (Å²) >= 11 is 1.26. The highest BCUT2D eigenvalue weighted by Gasteiger charge is 2.41. The van der Waals surface area contributed by atoms with E-state index in [1.54, 1.807) is 4.68 Å². The molecular weight excluding hydrogens is 546 g/mol. The minimum Gasteiger partial charge on any atom is -0.376 e. The molecular formula is C31H36F2N4O3S. The molecule has 1 aromatic heterocycles. The third-order valence-electron chi connectivity index (χ3n) is 7.48. The number of hydrogen-bond donors (Lipinski definition) is 1. The molecule has 218 valence electrons. The van der Waals surface area contributed by atoms with Crippen LogP contribution in [0.5, 0.6) is 0 Å². The molecule has 0 spiro atoms. The zero-order chi connectivity index (χ0) is 29.5. The van der Waals surface area contributed by atoms with Gasteiger partial charge in [0.25, 0.3) is 0 Å². The van der Waals surface area contributed by atoms with Gasteiger partial charge in [-0.1, -0.05) is 44.5 Å². The van der Waals surface area contributed by atoms with Gasteiger partial charge in [0.05, 0.1) is 28.5 Å². The third kappa shape index (κ3) is 6.04. The Bertz CT molecular complexity index is 1480. The number of fused-ring (bicyclic) bond motifs is 1. The number of rotatable bonds is 6. The fourth-order valence-electron chi connectivity index (χ4n) is 5.48. The molecule has 1 saturated heterocycles. The van der Waals surface area contributed by atoms with E-state index in [4.69, 9.17) is 9.84 Å². The van der Waals surface area contributed by atoms with Crippen molar-refractivity contribution in [3.63, 3.8) is 0 Å². The molecule has 41 heavy (non-hydrogen) atoms. The summed E-state index contributed by atoms with van der Waals surface area (Å²) < 4.78 is 36.6. The summed E-state index contributed by atoms with van der Waals surface area (Å²) in [7, 11) is 0. The van der Waals surface area contributed by atoms with Crippen LogP contribution in [0.4, 0.5) is 14.6 Å². The largest absolute Gasteiger partial charge is 0.376 e. The number of anilines is 1. The molecule has 0 unspecified atom stereocenters. The van der Waals surface area contributed by atoms with E-state index in [1.165, 1.54) is 28.8 Å². The Kier molecular flexibility index (Phi) is 8.25. The van der Waals surface area contributed by atoms with Gasteiger partial charge >= 0.3 is 0 Å². The molecule has 2 aliphatic heterocycles. The predicted molar refractivity (Wildman–Crippen MR) is 157 cm³/mol. The molecule has 3 heterocycles. The van der Waals surface area contributed by atoms with Gasteiger partial charge in [-0.05, 0) is 44.4 Å². The van der Waals surface area contributed by atoms with Gasteiger partial charge in [0.15, 0.2) is 0 Å². The van der Waals surface area contributed by atoms with Crippen molar-refractivity contribution < 1.29 is 23.1 Å². The second-order valence-electron chi connectivity index (χ2n) is 11.8. The van der Waals surface area contributed by atoms with E-state index in [-0.39, 0.29) is 35.8 Å². The zero-order valence-electron chi connectivity index (χ0n) is 24.1. The van der Waals surface area contributed by atoms with Crippen LogP contribution in [0.25, 0.3) is 5.69 Å². The van der Waals surface area contributed by atoms with Crippen LogP contribution >= 0.6 is 11.8 Å². The first-order chi connectivity index (χ1) is 19.4. The van der Waals surface area contributed by atoms with Gasteiger partial charge in [0.1, 0.15) is 24.0 Å². The summed E-state index contributed by atoms with van der Waals surface area (Å²) in [5, 5.41) is 7.32. The monoisotopic (exact) mass is 582 g/mol. The summed E-state index contributed by atoms with van der Waals surface area (Å²) in [6.45, 7) is 10.8. The molecule has 3 aromatic rings. The quantitative estimate of drug-likeness (QED) is 0.414. The maximum absolute atomic E-state index is 15.3. The topological polar surface area (TPSA) is 76.5 Å². The second kappa shape index (κ2) is 11.6. The maximum Gasteiger partial charge on any atom is 0.240 e. The van der Waals surface area contributed by atoms with Crippen molar-refractivity contribution in [1.29, 1.82) is 0 Å². The Morgan fingerprint density at radius 3 is 2.61 bits per heavy atom. The van der Waals surface area contributed by atoms with Crippen molar-refractivity contribution in [3.05, 3.63) is 76.0 Å². The number of nitrogens with zero attached hydrogens (tertiary/aromatic N) is 3. The molecule has 2 aliphatic rings. The molecule has 2 aromatic carbocycles. The Balaban J connectivity index is 1.69. The highest BCUT2D eigenvalue weighted by Crippen LogP contribution is 2.49. The number of amides is 2. The lowest BCUT2D eigenvalue weighted by atomic mass is 9.87. The molecule has 0 radical (unpaired) electrons. The smallest absolute Gasteiger partial charge is 0.240 e. The first-order valence-corrected chi connectivity index (χ1v) is 14.9. The van der Waals surface area contributed by atoms with Crippen molar-refractivity contribution in [3.8, 4) is 5.69 Å². The molecule has 0 aliphatic carbocycles. The highest BCUT2D eigenvalue weighted by molar-refractivity contribution is 8.00. The van der Waals surface area contributed by atoms with Crippen LogP contribution in [0.3, 0.4) is 0 Å². The maximum atomic E-state index is 15.3. The Morgan fingerprint density at radius 1 is 1.17 bits per heavy atom. The van der Waals surface area contributed by atoms with E-state index < -0.39 is 22.3 Å². The van der Waals surface area contributed by atoms with Crippen molar-refractivity contribution in [1.82, 2.24) is 15.1 Å². The molecule has 2 amide bonds. The molecule has 7 nitrogen and oxygen atoms in total. The minimum atomic E-state index is -0.692. The lowest BCUT2D eigenvalue weighted by molar-refractivity contribution is -0.123. The van der Waals surface area contributed by atoms with Crippen LogP contribution < -0.4 is 10.2 Å². The number of ether oxygens (including phenoxy) is 1. The summed E-state index contributed by atoms with van der Waals surface area (Å²) in [6.07, 6.45) is 1.80. The number of aromatic nitrogens is 2. The number of hydrogen-bond acceptors (Lipinski definition) is 5. The van der Waals surface area contributed by atoms with Crippen LogP contribution in [0.2, 0.25) is 0 Å². The van der Waals surface area contributed by atoms with Gasteiger partial charge in [-0.15, -0.1) is 11.8 Å². The van der Waals surface area contributed by atoms with Gasteiger partial charge in [0, 0.05) is 35.8 Å². The van der Waals surface area contributed by atoms with Crippen LogP contribution in [0.1, 0.15) is 66.8 Å². The normalized spacial score (nSPS) is 19.3. The Hall–Kier alpha value is -3.24. The van der Waals surface area contributed by atoms with Gasteiger partial charge in [0.2, 0.25) is 11.8 Å². The van der Waals surface area contributed by atoms with Crippen LogP contribution in [-0.2, 0) is 19.7 Å². The number of aryl methyl sites for hydroxylation is 2. The van der Waals surface area contributed by atoms with Gasteiger partial charge in [-0.25, -0.2) is 13.5 Å². The number of nitrogens with one attached hydrogen (secondary N) is 1. The van der Waals surface area contributed by atoms with E-state index in [0.29, 0.717) is 30.2 Å². The predicted octanol–water partition coefficient (Wildman–Crippen LogP) is 5.53. The lowest BCUT2D eigenvalue weighted by Gasteiger charge is -2.25. The average Bonchev–Trinajstić information content (AvgIpc) is 3.53. The molecule has 0 bridgehead atoms. The molecule has 5 rings (SSSR count). The van der Waals surface area contributed by atoms with E-state index in [2.05, 4.69) is 5.32 Å². The van der Waals surface area contributed by atoms with Crippen LogP contribution in [-0.4, -0.2) is 53.1 Å². The second-order valence-corrected chi connectivity index (χ2v) is 12.9. The zero-order valence-corrected chi connectivity index (χ0v) is 24.9. The summed E-state index contributed by atoms with van der Waals surface area (Å²) in [5.41, 5.74) is 3.85.